The standard InChI is InChI=1S/C15H16N2O4/c1-15(2)13(18)17(14(19)20-15)9-11-8-12(16-21-11)10-6-4-3-5-7-10/h3-7,11H,8-9H2,1-2H3/t11-/m1/s1. The van der Waals surface area contributed by atoms with Gasteiger partial charge in [0.05, 0.1) is 12.3 Å². The number of carbonyl (C=O) groups excluding carboxylic acids is 2. The molecule has 2 amide bonds. The molecule has 2 aliphatic heterocycles. The first-order chi connectivity index (χ1) is 9.97. The van der Waals surface area contributed by atoms with Gasteiger partial charge in [-0.15, -0.1) is 0 Å². The van der Waals surface area contributed by atoms with E-state index >= 15 is 0 Å². The lowest BCUT2D eigenvalue weighted by atomic mass is 10.0. The summed E-state index contributed by atoms with van der Waals surface area (Å²) in [6, 6.07) is 9.67. The molecule has 0 N–H and O–H groups in total. The van der Waals surface area contributed by atoms with E-state index in [9.17, 15) is 9.59 Å². The smallest absolute Gasteiger partial charge is 0.417 e. The Morgan fingerprint density at radius 1 is 1.29 bits per heavy atom. The molecule has 6 heteroatoms. The molecule has 0 unspecified atom stereocenters. The molecule has 2 aliphatic rings. The number of oxime groups is 1. The topological polar surface area (TPSA) is 68.2 Å². The van der Waals surface area contributed by atoms with Gasteiger partial charge in [0.1, 0.15) is 0 Å². The molecule has 0 saturated carbocycles. The van der Waals surface area contributed by atoms with Crippen LogP contribution in [0.5, 0.6) is 0 Å². The minimum Gasteiger partial charge on any atom is -0.433 e. The van der Waals surface area contributed by atoms with Gasteiger partial charge in [0, 0.05) is 6.42 Å². The Labute approximate surface area is 122 Å². The summed E-state index contributed by atoms with van der Waals surface area (Å²) in [6.07, 6.45) is -0.394. The Morgan fingerprint density at radius 3 is 2.62 bits per heavy atom. The molecule has 6 nitrogen and oxygen atoms in total. The number of ether oxygens (including phenoxy) is 1. The Bertz CT molecular complexity index is 609. The van der Waals surface area contributed by atoms with Crippen molar-refractivity contribution in [2.45, 2.75) is 32.0 Å². The van der Waals surface area contributed by atoms with Crippen molar-refractivity contribution in [3.05, 3.63) is 35.9 Å². The largest absolute Gasteiger partial charge is 0.433 e. The SMILES string of the molecule is CC1(C)OC(=O)N(C[C@H]2CC(c3ccccc3)=NO2)C1=O. The normalized spacial score (nSPS) is 23.8. The Kier molecular flexibility index (Phi) is 3.16. The maximum atomic E-state index is 12.1. The van der Waals surface area contributed by atoms with Crippen LogP contribution in [0.4, 0.5) is 4.79 Å². The number of benzene rings is 1. The zero-order chi connectivity index (χ0) is 15.0. The number of imide groups is 1. The summed E-state index contributed by atoms with van der Waals surface area (Å²) in [7, 11) is 0. The molecule has 0 spiro atoms. The number of carbonyl (C=O) groups is 2. The lowest BCUT2D eigenvalue weighted by molar-refractivity contribution is -0.135. The van der Waals surface area contributed by atoms with Crippen LogP contribution in [0.2, 0.25) is 0 Å². The average Bonchev–Trinajstić information content (AvgIpc) is 2.99. The highest BCUT2D eigenvalue weighted by Gasteiger charge is 2.48. The molecule has 1 atom stereocenters. The molecule has 110 valence electrons. The number of rotatable bonds is 3. The van der Waals surface area contributed by atoms with Crippen molar-refractivity contribution < 1.29 is 19.2 Å². The molecule has 3 rings (SSSR count). The van der Waals surface area contributed by atoms with Crippen molar-refractivity contribution in [1.82, 2.24) is 4.90 Å². The van der Waals surface area contributed by atoms with Gasteiger partial charge >= 0.3 is 6.09 Å². The van der Waals surface area contributed by atoms with Crippen LogP contribution in [-0.2, 0) is 14.4 Å². The van der Waals surface area contributed by atoms with Crippen molar-refractivity contribution in [2.24, 2.45) is 5.16 Å². The summed E-state index contributed by atoms with van der Waals surface area (Å²) in [4.78, 5) is 30.2. The fourth-order valence-electron chi connectivity index (χ4n) is 2.41. The molecule has 1 aromatic rings. The highest BCUT2D eigenvalue weighted by Crippen LogP contribution is 2.25. The quantitative estimate of drug-likeness (QED) is 0.852. The van der Waals surface area contributed by atoms with Gasteiger partial charge in [-0.05, 0) is 19.4 Å². The van der Waals surface area contributed by atoms with E-state index in [-0.39, 0.29) is 18.6 Å². The molecular formula is C15H16N2O4. The van der Waals surface area contributed by atoms with Crippen molar-refractivity contribution in [3.63, 3.8) is 0 Å². The van der Waals surface area contributed by atoms with Gasteiger partial charge in [0.2, 0.25) is 0 Å². The maximum absolute atomic E-state index is 12.1. The lowest BCUT2D eigenvalue weighted by Gasteiger charge is -2.16. The van der Waals surface area contributed by atoms with E-state index in [1.165, 1.54) is 0 Å². The Balaban J connectivity index is 1.65. The molecule has 0 radical (unpaired) electrons. The first-order valence-electron chi connectivity index (χ1n) is 6.80. The summed E-state index contributed by atoms with van der Waals surface area (Å²) < 4.78 is 5.04. The molecule has 2 heterocycles. The third-order valence-electron chi connectivity index (χ3n) is 3.55. The van der Waals surface area contributed by atoms with E-state index in [0.717, 1.165) is 16.2 Å². The second-order valence-corrected chi connectivity index (χ2v) is 5.63. The highest BCUT2D eigenvalue weighted by molar-refractivity contribution is 6.03. The highest BCUT2D eigenvalue weighted by atomic mass is 16.6. The van der Waals surface area contributed by atoms with Crippen LogP contribution in [0.3, 0.4) is 0 Å². The van der Waals surface area contributed by atoms with E-state index in [0.29, 0.717) is 6.42 Å². The third kappa shape index (κ3) is 2.49. The molecule has 0 aromatic heterocycles. The maximum Gasteiger partial charge on any atom is 0.417 e. The van der Waals surface area contributed by atoms with E-state index in [1.54, 1.807) is 13.8 Å². The molecule has 1 fully saturated rings. The number of cyclic esters (lactones) is 1. The molecule has 21 heavy (non-hydrogen) atoms. The van der Waals surface area contributed by atoms with Crippen LogP contribution in [0.25, 0.3) is 0 Å². The predicted octanol–water partition coefficient (Wildman–Crippen LogP) is 1.94. The van der Waals surface area contributed by atoms with Gasteiger partial charge in [-0.2, -0.15) is 0 Å². The predicted molar refractivity (Wildman–Crippen MR) is 74.7 cm³/mol. The molecule has 1 saturated heterocycles. The van der Waals surface area contributed by atoms with Crippen LogP contribution >= 0.6 is 0 Å². The Hall–Kier alpha value is -2.37. The molecule has 1 aromatic carbocycles. The second-order valence-electron chi connectivity index (χ2n) is 5.63. The minimum atomic E-state index is -1.10. The summed E-state index contributed by atoms with van der Waals surface area (Å²) in [6.45, 7) is 3.31. The fraction of sp³-hybridized carbons (Fsp3) is 0.400. The van der Waals surface area contributed by atoms with Gasteiger partial charge in [0.25, 0.3) is 5.91 Å². The third-order valence-corrected chi connectivity index (χ3v) is 3.55. The number of amides is 2. The van der Waals surface area contributed by atoms with Gasteiger partial charge in [-0.1, -0.05) is 35.5 Å². The summed E-state index contributed by atoms with van der Waals surface area (Å²) in [5, 5.41) is 4.04. The van der Waals surface area contributed by atoms with Gasteiger partial charge < -0.3 is 9.57 Å². The van der Waals surface area contributed by atoms with Crippen molar-refractivity contribution in [2.75, 3.05) is 6.54 Å². The van der Waals surface area contributed by atoms with Crippen molar-refractivity contribution in [1.29, 1.82) is 0 Å². The van der Waals surface area contributed by atoms with Crippen LogP contribution in [0, 0.1) is 0 Å². The van der Waals surface area contributed by atoms with Crippen molar-refractivity contribution >= 4 is 17.7 Å². The number of nitrogens with zero attached hydrogens (tertiary/aromatic N) is 2. The Morgan fingerprint density at radius 2 is 2.00 bits per heavy atom. The van der Waals surface area contributed by atoms with E-state index in [4.69, 9.17) is 9.57 Å². The van der Waals surface area contributed by atoms with E-state index in [1.807, 2.05) is 30.3 Å². The van der Waals surface area contributed by atoms with Gasteiger partial charge in [-0.25, -0.2) is 9.69 Å². The molecule has 0 aliphatic carbocycles. The van der Waals surface area contributed by atoms with E-state index < -0.39 is 11.7 Å². The van der Waals surface area contributed by atoms with Crippen LogP contribution in [0.15, 0.2) is 35.5 Å². The summed E-state index contributed by atoms with van der Waals surface area (Å²) >= 11 is 0. The first-order valence-corrected chi connectivity index (χ1v) is 6.80. The molecular weight excluding hydrogens is 272 g/mol. The van der Waals surface area contributed by atoms with Crippen LogP contribution in [0.1, 0.15) is 25.8 Å². The number of hydrogen-bond acceptors (Lipinski definition) is 5. The minimum absolute atomic E-state index is 0.154. The summed E-state index contributed by atoms with van der Waals surface area (Å²) in [5.74, 6) is -0.343. The zero-order valence-corrected chi connectivity index (χ0v) is 11.9. The second kappa shape index (κ2) is 4.87. The molecule has 0 bridgehead atoms. The van der Waals surface area contributed by atoms with Gasteiger partial charge in [0.15, 0.2) is 11.7 Å². The zero-order valence-electron chi connectivity index (χ0n) is 11.9. The lowest BCUT2D eigenvalue weighted by Crippen LogP contribution is -2.40. The van der Waals surface area contributed by atoms with Crippen LogP contribution < -0.4 is 0 Å². The first kappa shape index (κ1) is 13.6. The monoisotopic (exact) mass is 288 g/mol. The summed E-state index contributed by atoms with van der Waals surface area (Å²) in [5.41, 5.74) is 0.703. The van der Waals surface area contributed by atoms with Crippen molar-refractivity contribution in [3.8, 4) is 0 Å². The van der Waals surface area contributed by atoms with E-state index in [2.05, 4.69) is 5.16 Å². The number of hydrogen-bond donors (Lipinski definition) is 0. The average molecular weight is 288 g/mol. The fourth-order valence-corrected chi connectivity index (χ4v) is 2.41. The van der Waals surface area contributed by atoms with Crippen LogP contribution in [-0.4, -0.2) is 40.9 Å². The van der Waals surface area contributed by atoms with Gasteiger partial charge in [-0.3, -0.25) is 4.79 Å².